The Kier molecular flexibility index (Phi) is 25.0. The molecule has 464 valence electrons. The van der Waals surface area contributed by atoms with Crippen LogP contribution in [0.2, 0.25) is 0 Å². The summed E-state index contributed by atoms with van der Waals surface area (Å²) in [5.74, 6) is 0. The van der Waals surface area contributed by atoms with Gasteiger partial charge in [-0.3, -0.25) is 0 Å². The van der Waals surface area contributed by atoms with Crippen LogP contribution in [0.25, 0.3) is 0 Å². The van der Waals surface area contributed by atoms with Crippen LogP contribution in [0.1, 0.15) is 0 Å². The second kappa shape index (κ2) is 29.6. The van der Waals surface area contributed by atoms with Gasteiger partial charge in [-0.1, -0.05) is 0 Å². The average molecular weight is 1170 g/mol. The van der Waals surface area contributed by atoms with Gasteiger partial charge in [0.25, 0.3) is 0 Å². The molecular formula is C43H76O36. The van der Waals surface area contributed by atoms with E-state index in [1.54, 1.807) is 0 Å². The first-order valence-electron chi connectivity index (χ1n) is 25.0. The Hall–Kier alpha value is -1.44. The van der Waals surface area contributed by atoms with E-state index in [9.17, 15) is 117 Å². The molecule has 0 amide bonds. The standard InChI is InChI=1S/C43H76O36/c1-67-32-23(58)15(7-49)68-38(29(32)64)75-33-24(59)16(8-50)69-39(30(33)65)78-36-27(62)21(56)14(6-48)74-43(36)79-37-28(63)22(57)13(5-47)73-42(37)76-34-25(60)17(9-51)70-40(31(34)66)77-35-26(61)20(55)12(4-46)72-41(35)71-11(3-45)19(54)18(53)10(52)2-44/h10-66H,2-9H2,1H3/t10-,11-,12-,13-,14-,15-,16-,17-,18-,19-,20-,21-,22-,23-,24-,25-,26+,27+,28+,29+,30+,31+,32+,33+,34+,35+,36+,37+,38-,39+,40+,41+,42-,43-/m1/s1. The average Bonchev–Trinajstić information content (AvgIpc) is 3.48. The van der Waals surface area contributed by atoms with Crippen molar-refractivity contribution in [2.45, 2.75) is 209 Å². The highest BCUT2D eigenvalue weighted by molar-refractivity contribution is 5.00. The first kappa shape index (κ1) is 66.7. The molecule has 0 saturated carbocycles. The zero-order valence-electron chi connectivity index (χ0n) is 41.9. The molecule has 0 aliphatic carbocycles. The number of hydrogen-bond acceptors (Lipinski definition) is 36. The summed E-state index contributed by atoms with van der Waals surface area (Å²) < 4.78 is 73.6. The van der Waals surface area contributed by atoms with Crippen LogP contribution < -0.4 is 0 Å². The van der Waals surface area contributed by atoms with E-state index in [0.717, 1.165) is 7.11 Å². The highest BCUT2D eigenvalue weighted by Crippen LogP contribution is 2.38. The normalized spacial score (nSPS) is 48.8. The largest absolute Gasteiger partial charge is 0.394 e. The van der Waals surface area contributed by atoms with E-state index < -0.39 is 262 Å². The molecular weight excluding hydrogens is 1090 g/mol. The molecule has 6 heterocycles. The molecule has 0 aromatic rings. The second-order valence-electron chi connectivity index (χ2n) is 19.5. The fourth-order valence-electron chi connectivity index (χ4n) is 9.76. The van der Waals surface area contributed by atoms with Crippen molar-refractivity contribution in [3.8, 4) is 0 Å². The topological polar surface area (TPSA) is 585 Å². The van der Waals surface area contributed by atoms with Crippen molar-refractivity contribution >= 4 is 0 Å². The van der Waals surface area contributed by atoms with E-state index in [1.165, 1.54) is 0 Å². The Labute approximate surface area is 447 Å². The molecule has 0 unspecified atom stereocenters. The van der Waals surface area contributed by atoms with Gasteiger partial charge in [-0.25, -0.2) is 0 Å². The van der Waals surface area contributed by atoms with Gasteiger partial charge >= 0.3 is 0 Å². The van der Waals surface area contributed by atoms with Crippen LogP contribution in [-0.4, -0.2) is 386 Å². The molecule has 6 fully saturated rings. The zero-order valence-corrected chi connectivity index (χ0v) is 41.9. The maximum absolute atomic E-state index is 11.8. The monoisotopic (exact) mass is 1170 g/mol. The van der Waals surface area contributed by atoms with E-state index in [0.29, 0.717) is 0 Å². The number of ether oxygens (including phenoxy) is 13. The molecule has 0 aromatic carbocycles. The molecule has 0 aromatic heterocycles. The van der Waals surface area contributed by atoms with Gasteiger partial charge in [0.15, 0.2) is 37.7 Å². The Bertz CT molecular complexity index is 1790. The first-order chi connectivity index (χ1) is 37.5. The summed E-state index contributed by atoms with van der Waals surface area (Å²) in [6, 6.07) is 0. The molecule has 0 spiro atoms. The molecule has 36 heteroatoms. The van der Waals surface area contributed by atoms with E-state index >= 15 is 0 Å². The van der Waals surface area contributed by atoms with Crippen molar-refractivity contribution < 1.29 is 179 Å². The van der Waals surface area contributed by atoms with E-state index in [2.05, 4.69) is 0 Å². The van der Waals surface area contributed by atoms with Gasteiger partial charge in [-0.15, -0.1) is 0 Å². The fraction of sp³-hybridized carbons (Fsp3) is 1.00. The summed E-state index contributed by atoms with van der Waals surface area (Å²) in [4.78, 5) is 0. The molecule has 34 atom stereocenters. The lowest BCUT2D eigenvalue weighted by atomic mass is 9.95. The Morgan fingerprint density at radius 1 is 0.304 bits per heavy atom. The van der Waals surface area contributed by atoms with Gasteiger partial charge in [0.05, 0.1) is 52.9 Å². The third-order valence-corrected chi connectivity index (χ3v) is 14.5. The Morgan fingerprint density at radius 2 is 0.582 bits per heavy atom. The summed E-state index contributed by atoms with van der Waals surface area (Å²) in [6.45, 7) is -8.38. The lowest BCUT2D eigenvalue weighted by Crippen LogP contribution is -2.69. The van der Waals surface area contributed by atoms with E-state index in [4.69, 9.17) is 61.6 Å². The lowest BCUT2D eigenvalue weighted by Gasteiger charge is -2.50. The molecule has 79 heavy (non-hydrogen) atoms. The van der Waals surface area contributed by atoms with Crippen LogP contribution in [0.3, 0.4) is 0 Å². The number of aliphatic hydroxyl groups is 23. The predicted molar refractivity (Wildman–Crippen MR) is 239 cm³/mol. The maximum atomic E-state index is 11.8. The van der Waals surface area contributed by atoms with Crippen molar-refractivity contribution in [3.05, 3.63) is 0 Å². The van der Waals surface area contributed by atoms with Crippen molar-refractivity contribution in [1.82, 2.24) is 0 Å². The minimum Gasteiger partial charge on any atom is -0.394 e. The quantitative estimate of drug-likeness (QED) is 0.0427. The van der Waals surface area contributed by atoms with Crippen LogP contribution in [0.5, 0.6) is 0 Å². The SMILES string of the molecule is CO[C@@H]1[C@H](O)[C@@H](O[C@@H]2[C@H](O)[C@H](O[C@@H]3[C@@H](O[C@@H]4[C@@H](O[C@@H]5[C@H](O)[C@H](O[C@@H]6[C@@H](O[C@H](CO)[C@@H](O)[C@H](O)[C@H](O)CO)O[C@H](CO)[C@@H](O)[C@@H]6O)O[C@H](CO)[C@H]5O)O[C@H](CO)[C@@H](O)[C@@H]4O)O[C@H](CO)[C@@H](O)[C@@H]3O)O[C@H](CO)[C@H]2O)O[C@H](CO)[C@H]1O. The summed E-state index contributed by atoms with van der Waals surface area (Å²) in [5, 5.41) is 245. The summed E-state index contributed by atoms with van der Waals surface area (Å²) >= 11 is 0. The van der Waals surface area contributed by atoms with Gasteiger partial charge in [0.1, 0.15) is 171 Å². The molecule has 6 saturated heterocycles. The molecule has 0 bridgehead atoms. The molecule has 6 aliphatic heterocycles. The third kappa shape index (κ3) is 14.3. The van der Waals surface area contributed by atoms with Gasteiger partial charge in [0.2, 0.25) is 0 Å². The van der Waals surface area contributed by atoms with Crippen LogP contribution in [0.4, 0.5) is 0 Å². The number of methoxy groups -OCH3 is 1. The van der Waals surface area contributed by atoms with Gasteiger partial charge < -0.3 is 179 Å². The number of rotatable bonds is 24. The third-order valence-electron chi connectivity index (χ3n) is 14.5. The highest BCUT2D eigenvalue weighted by Gasteiger charge is 2.59. The zero-order chi connectivity index (χ0) is 58.5. The van der Waals surface area contributed by atoms with Crippen LogP contribution in [0, 0.1) is 0 Å². The fourth-order valence-corrected chi connectivity index (χ4v) is 9.76. The number of hydrogen-bond donors (Lipinski definition) is 23. The van der Waals surface area contributed by atoms with Crippen molar-refractivity contribution in [1.29, 1.82) is 0 Å². The van der Waals surface area contributed by atoms with Gasteiger partial charge in [0, 0.05) is 7.11 Å². The van der Waals surface area contributed by atoms with Crippen molar-refractivity contribution in [2.75, 3.05) is 60.0 Å². The summed E-state index contributed by atoms with van der Waals surface area (Å²) in [5.41, 5.74) is 0. The summed E-state index contributed by atoms with van der Waals surface area (Å²) in [6.07, 6.45) is -68.9. The van der Waals surface area contributed by atoms with E-state index in [-0.39, 0.29) is 0 Å². The van der Waals surface area contributed by atoms with Gasteiger partial charge in [-0.05, 0) is 0 Å². The van der Waals surface area contributed by atoms with Crippen LogP contribution in [0.15, 0.2) is 0 Å². The summed E-state index contributed by atoms with van der Waals surface area (Å²) in [7, 11) is 1.10. The molecule has 6 rings (SSSR count). The van der Waals surface area contributed by atoms with Crippen molar-refractivity contribution in [3.63, 3.8) is 0 Å². The molecule has 36 nitrogen and oxygen atoms in total. The van der Waals surface area contributed by atoms with E-state index in [1.807, 2.05) is 0 Å². The van der Waals surface area contributed by atoms with Gasteiger partial charge in [-0.2, -0.15) is 0 Å². The minimum absolute atomic E-state index is 0.833. The first-order valence-corrected chi connectivity index (χ1v) is 25.0. The van der Waals surface area contributed by atoms with Crippen molar-refractivity contribution in [2.24, 2.45) is 0 Å². The molecule has 23 N–H and O–H groups in total. The Morgan fingerprint density at radius 3 is 0.924 bits per heavy atom. The second-order valence-corrected chi connectivity index (χ2v) is 19.5. The maximum Gasteiger partial charge on any atom is 0.187 e. The Balaban J connectivity index is 1.28. The molecule has 6 aliphatic rings. The number of aliphatic hydroxyl groups excluding tert-OH is 23. The highest BCUT2D eigenvalue weighted by atomic mass is 16.8. The van der Waals surface area contributed by atoms with Crippen LogP contribution >= 0.6 is 0 Å². The smallest absolute Gasteiger partial charge is 0.187 e. The lowest BCUT2D eigenvalue weighted by molar-refractivity contribution is -0.411. The van der Waals surface area contributed by atoms with Crippen LogP contribution in [-0.2, 0) is 61.6 Å². The molecule has 0 radical (unpaired) electrons. The minimum atomic E-state index is -2.38. The predicted octanol–water partition coefficient (Wildman–Crippen LogP) is -16.0.